The van der Waals surface area contributed by atoms with Crippen LogP contribution in [0, 0.1) is 11.6 Å². The molecule has 1 aliphatic carbocycles. The number of H-pyrrole nitrogens is 1. The number of rotatable bonds is 2. The average Bonchev–Trinajstić information content (AvgIpc) is 3.10. The lowest BCUT2D eigenvalue weighted by atomic mass is 9.84. The number of nitrogens with two attached hydrogens (primary N) is 1. The molecule has 0 amide bonds. The van der Waals surface area contributed by atoms with Crippen molar-refractivity contribution >= 4 is 0 Å². The Hall–Kier alpha value is -2.01. The van der Waals surface area contributed by atoms with Crippen molar-refractivity contribution in [3.8, 4) is 11.3 Å². The fraction of sp³-hybridized carbons (Fsp3) is 0.450. The molecule has 2 aromatic rings. The zero-order valence-electron chi connectivity index (χ0n) is 15.4. The highest BCUT2D eigenvalue weighted by atomic mass is 19.2. The van der Waals surface area contributed by atoms with E-state index in [1.807, 2.05) is 26.8 Å². The Morgan fingerprint density at radius 2 is 1.72 bits per heavy atom. The largest absolute Gasteiger partial charge is 0.328 e. The maximum absolute atomic E-state index is 13.2. The minimum absolute atomic E-state index is 0.305. The molecule has 138 valence electrons. The van der Waals surface area contributed by atoms with E-state index in [0.717, 1.165) is 37.4 Å². The number of allylic oxidation sites excluding steroid dienone is 1. The van der Waals surface area contributed by atoms with Crippen LogP contribution in [0.1, 0.15) is 58.1 Å². The van der Waals surface area contributed by atoms with Crippen LogP contribution in [0.15, 0.2) is 36.9 Å². The third-order valence-corrected chi connectivity index (χ3v) is 4.02. The molecule has 0 unspecified atom stereocenters. The number of aromatic amines is 1. The van der Waals surface area contributed by atoms with Crippen LogP contribution in [-0.4, -0.2) is 16.2 Å². The van der Waals surface area contributed by atoms with Crippen molar-refractivity contribution < 1.29 is 8.78 Å². The van der Waals surface area contributed by atoms with Gasteiger partial charge >= 0.3 is 0 Å². The molecule has 0 bridgehead atoms. The fourth-order valence-corrected chi connectivity index (χ4v) is 2.78. The van der Waals surface area contributed by atoms with Crippen molar-refractivity contribution in [2.24, 2.45) is 5.73 Å². The molecule has 0 aliphatic heterocycles. The second-order valence-corrected chi connectivity index (χ2v) is 5.86. The molecule has 5 heteroatoms. The summed E-state index contributed by atoms with van der Waals surface area (Å²) in [4.78, 5) is 0. The monoisotopic (exact) mass is 349 g/mol. The van der Waals surface area contributed by atoms with Crippen LogP contribution >= 0.6 is 0 Å². The molecule has 1 aliphatic rings. The summed E-state index contributed by atoms with van der Waals surface area (Å²) in [7, 11) is 0. The van der Waals surface area contributed by atoms with Crippen molar-refractivity contribution in [2.45, 2.75) is 58.4 Å². The van der Waals surface area contributed by atoms with Gasteiger partial charge in [0, 0.05) is 23.2 Å². The lowest BCUT2D eigenvalue weighted by Gasteiger charge is -2.24. The summed E-state index contributed by atoms with van der Waals surface area (Å²) in [5.41, 5.74) is 8.18. The van der Waals surface area contributed by atoms with Crippen LogP contribution in [0.25, 0.3) is 11.3 Å². The van der Waals surface area contributed by atoms with Crippen molar-refractivity contribution in [3.05, 3.63) is 54.2 Å². The molecule has 25 heavy (non-hydrogen) atoms. The van der Waals surface area contributed by atoms with Crippen LogP contribution < -0.4 is 5.73 Å². The molecule has 0 spiro atoms. The van der Waals surface area contributed by atoms with Crippen molar-refractivity contribution in [3.63, 3.8) is 0 Å². The van der Waals surface area contributed by atoms with Gasteiger partial charge in [0.05, 0.1) is 5.69 Å². The molecule has 0 atom stereocenters. The number of hydrogen-bond acceptors (Lipinski definition) is 2. The highest BCUT2D eigenvalue weighted by Crippen LogP contribution is 2.32. The first-order chi connectivity index (χ1) is 12.0. The van der Waals surface area contributed by atoms with Gasteiger partial charge in [-0.05, 0) is 56.9 Å². The number of halogens is 2. The van der Waals surface area contributed by atoms with E-state index in [-0.39, 0.29) is 0 Å². The van der Waals surface area contributed by atoms with Crippen LogP contribution in [0.3, 0.4) is 0 Å². The van der Waals surface area contributed by atoms with E-state index in [1.54, 1.807) is 6.08 Å². The topological polar surface area (TPSA) is 54.7 Å². The minimum atomic E-state index is -0.851. The van der Waals surface area contributed by atoms with Gasteiger partial charge in [-0.1, -0.05) is 19.9 Å². The summed E-state index contributed by atoms with van der Waals surface area (Å²) in [5.74, 6) is -1.26. The Morgan fingerprint density at radius 1 is 1.12 bits per heavy atom. The Bertz CT molecular complexity index is 644. The smallest absolute Gasteiger partial charge is 0.159 e. The number of benzene rings is 1. The molecule has 1 heterocycles. The maximum Gasteiger partial charge on any atom is 0.159 e. The third-order valence-electron chi connectivity index (χ3n) is 4.02. The molecular formula is C20H29F2N3. The van der Waals surface area contributed by atoms with Crippen LogP contribution in [0.2, 0.25) is 0 Å². The van der Waals surface area contributed by atoms with E-state index in [1.165, 1.54) is 12.1 Å². The van der Waals surface area contributed by atoms with Crippen molar-refractivity contribution in [2.75, 3.05) is 0 Å². The quantitative estimate of drug-likeness (QED) is 0.698. The van der Waals surface area contributed by atoms with Gasteiger partial charge in [-0.2, -0.15) is 5.10 Å². The molecule has 1 fully saturated rings. The van der Waals surface area contributed by atoms with E-state index in [2.05, 4.69) is 16.8 Å². The summed E-state index contributed by atoms with van der Waals surface area (Å²) in [6.45, 7) is 9.25. The lowest BCUT2D eigenvalue weighted by molar-refractivity contribution is 0.390. The molecule has 3 nitrogen and oxygen atoms in total. The lowest BCUT2D eigenvalue weighted by Crippen LogP contribution is -2.25. The van der Waals surface area contributed by atoms with Crippen molar-refractivity contribution in [1.29, 1.82) is 0 Å². The first-order valence-electron chi connectivity index (χ1n) is 8.88. The predicted octanol–water partition coefficient (Wildman–Crippen LogP) is 5.56. The zero-order valence-corrected chi connectivity index (χ0v) is 15.4. The van der Waals surface area contributed by atoms with Gasteiger partial charge in [0.1, 0.15) is 0 Å². The van der Waals surface area contributed by atoms with Gasteiger partial charge in [0.2, 0.25) is 0 Å². The molecule has 1 aromatic carbocycles. The Morgan fingerprint density at radius 3 is 2.28 bits per heavy atom. The predicted molar refractivity (Wildman–Crippen MR) is 100 cm³/mol. The maximum atomic E-state index is 13.2. The van der Waals surface area contributed by atoms with E-state index in [4.69, 9.17) is 5.73 Å². The molecular weight excluding hydrogens is 320 g/mol. The van der Waals surface area contributed by atoms with E-state index < -0.39 is 11.6 Å². The Kier molecular flexibility index (Phi) is 9.06. The Labute approximate surface area is 149 Å². The minimum Gasteiger partial charge on any atom is -0.328 e. The molecule has 3 N–H and O–H groups in total. The van der Waals surface area contributed by atoms with Crippen LogP contribution in [0.5, 0.6) is 0 Å². The van der Waals surface area contributed by atoms with Gasteiger partial charge in [0.25, 0.3) is 0 Å². The standard InChI is InChI=1S/C15H17F2N3.C3H6.C2H6/c16-12-6-3-10(7-13(12)17)15-8-14(19-20-15)9-1-4-11(18)5-2-9;1-3-2;1-2/h3,6-9,11H,1-2,4-5,18H2,(H,19,20);3H,1H2,2H3;1-2H3. The fourth-order valence-electron chi connectivity index (χ4n) is 2.78. The van der Waals surface area contributed by atoms with Crippen LogP contribution in [0.4, 0.5) is 8.78 Å². The Balaban J connectivity index is 0.000000567. The van der Waals surface area contributed by atoms with Crippen LogP contribution in [-0.2, 0) is 0 Å². The van der Waals surface area contributed by atoms with Gasteiger partial charge < -0.3 is 5.73 Å². The second-order valence-electron chi connectivity index (χ2n) is 5.86. The SMILES string of the molecule is C=CC.CC.NC1CCC(c2cc(-c3ccc(F)c(F)c3)n[nH]2)CC1. The van der Waals surface area contributed by atoms with Gasteiger partial charge in [0.15, 0.2) is 11.6 Å². The van der Waals surface area contributed by atoms with Crippen molar-refractivity contribution in [1.82, 2.24) is 10.2 Å². The summed E-state index contributed by atoms with van der Waals surface area (Å²) in [6.07, 6.45) is 5.87. The normalized spacial score (nSPS) is 19.1. The zero-order chi connectivity index (χ0) is 18.8. The van der Waals surface area contributed by atoms with E-state index >= 15 is 0 Å². The average molecular weight is 349 g/mol. The summed E-state index contributed by atoms with van der Waals surface area (Å²) in [5, 5.41) is 7.22. The molecule has 0 saturated heterocycles. The summed E-state index contributed by atoms with van der Waals surface area (Å²) >= 11 is 0. The number of nitrogens with zero attached hydrogens (tertiary/aromatic N) is 1. The number of nitrogens with one attached hydrogen (secondary N) is 1. The third kappa shape index (κ3) is 6.09. The number of aromatic nitrogens is 2. The first-order valence-corrected chi connectivity index (χ1v) is 8.88. The highest BCUT2D eigenvalue weighted by Gasteiger charge is 2.22. The van der Waals surface area contributed by atoms with E-state index in [9.17, 15) is 8.78 Å². The molecule has 1 aromatic heterocycles. The molecule has 3 rings (SSSR count). The van der Waals surface area contributed by atoms with Gasteiger partial charge in [-0.15, -0.1) is 6.58 Å². The first kappa shape index (κ1) is 21.0. The number of hydrogen-bond donors (Lipinski definition) is 2. The van der Waals surface area contributed by atoms with Gasteiger partial charge in [-0.3, -0.25) is 5.10 Å². The summed E-state index contributed by atoms with van der Waals surface area (Å²) < 4.78 is 26.2. The molecule has 0 radical (unpaired) electrons. The second kappa shape index (κ2) is 10.8. The molecule has 1 saturated carbocycles. The van der Waals surface area contributed by atoms with E-state index in [0.29, 0.717) is 23.2 Å². The summed E-state index contributed by atoms with van der Waals surface area (Å²) in [6, 6.07) is 6.06. The van der Waals surface area contributed by atoms with Gasteiger partial charge in [-0.25, -0.2) is 8.78 Å². The highest BCUT2D eigenvalue weighted by molar-refractivity contribution is 5.59.